The number of carbonyl (C=O) groups is 1. The lowest BCUT2D eigenvalue weighted by Gasteiger charge is -2.12. The molecule has 5 nitrogen and oxygen atoms in total. The Hall–Kier alpha value is -2.53. The minimum Gasteiger partial charge on any atom is -0.486 e. The van der Waals surface area contributed by atoms with Crippen LogP contribution in [0.1, 0.15) is 24.7 Å². The summed E-state index contributed by atoms with van der Waals surface area (Å²) in [5, 5.41) is 0.667. The minimum absolute atomic E-state index is 0.192. The zero-order chi connectivity index (χ0) is 18.7. The number of para-hydroxylation sites is 1. The number of fused-ring (bicyclic) bond motifs is 1. The summed E-state index contributed by atoms with van der Waals surface area (Å²) in [6, 6.07) is 13.3. The Morgan fingerprint density at radius 2 is 2.00 bits per heavy atom. The van der Waals surface area contributed by atoms with Crippen molar-refractivity contribution >= 4 is 28.5 Å². The van der Waals surface area contributed by atoms with E-state index in [4.69, 9.17) is 27.1 Å². The van der Waals surface area contributed by atoms with Crippen molar-refractivity contribution in [3.8, 4) is 5.75 Å². The van der Waals surface area contributed by atoms with Crippen LogP contribution in [0.4, 0.5) is 0 Å². The highest BCUT2D eigenvalue weighted by molar-refractivity contribution is 6.30. The van der Waals surface area contributed by atoms with E-state index in [9.17, 15) is 4.79 Å². The Kier molecular flexibility index (Phi) is 5.47. The maximum atomic E-state index is 11.4. The van der Waals surface area contributed by atoms with E-state index >= 15 is 0 Å². The number of amides is 1. The lowest BCUT2D eigenvalue weighted by Crippen LogP contribution is -2.22. The first-order valence-electron chi connectivity index (χ1n) is 8.58. The number of carbonyl (C=O) groups excluding carboxylic acids is 1. The van der Waals surface area contributed by atoms with Gasteiger partial charge in [-0.3, -0.25) is 4.79 Å². The molecule has 0 spiro atoms. The SMILES string of the molecule is Cc1cccc2c1nc(COc1ccc(Cl)cc1)n2CCC(C)C(N)=O. The Balaban J connectivity index is 1.87. The van der Waals surface area contributed by atoms with Gasteiger partial charge in [0.05, 0.1) is 11.0 Å². The lowest BCUT2D eigenvalue weighted by atomic mass is 10.1. The number of hydrogen-bond acceptors (Lipinski definition) is 3. The van der Waals surface area contributed by atoms with Gasteiger partial charge in [0.1, 0.15) is 18.2 Å². The highest BCUT2D eigenvalue weighted by atomic mass is 35.5. The second-order valence-corrected chi connectivity index (χ2v) is 6.89. The van der Waals surface area contributed by atoms with E-state index in [-0.39, 0.29) is 11.8 Å². The molecule has 3 rings (SSSR count). The molecule has 0 saturated heterocycles. The van der Waals surface area contributed by atoms with E-state index in [1.165, 1.54) is 0 Å². The molecule has 26 heavy (non-hydrogen) atoms. The second-order valence-electron chi connectivity index (χ2n) is 6.46. The fraction of sp³-hybridized carbons (Fsp3) is 0.300. The molecule has 1 amide bonds. The standard InChI is InChI=1S/C20H22ClN3O2/c1-13-4-3-5-17-19(13)23-18(24(17)11-10-14(2)20(22)25)12-26-16-8-6-15(21)7-9-16/h3-9,14H,10-12H2,1-2H3,(H2,22,25). The molecule has 0 bridgehead atoms. The predicted molar refractivity (Wildman–Crippen MR) is 103 cm³/mol. The molecule has 3 aromatic rings. The van der Waals surface area contributed by atoms with Crippen molar-refractivity contribution in [3.05, 3.63) is 58.9 Å². The van der Waals surface area contributed by atoms with Crippen LogP contribution in [0.3, 0.4) is 0 Å². The molecule has 2 aromatic carbocycles. The molecule has 0 aliphatic carbocycles. The van der Waals surface area contributed by atoms with Crippen LogP contribution in [0.15, 0.2) is 42.5 Å². The first-order chi connectivity index (χ1) is 12.5. The van der Waals surface area contributed by atoms with Gasteiger partial charge in [0.15, 0.2) is 0 Å². The van der Waals surface area contributed by atoms with Crippen molar-refractivity contribution in [2.24, 2.45) is 11.7 Å². The maximum absolute atomic E-state index is 11.4. The topological polar surface area (TPSA) is 70.1 Å². The number of aromatic nitrogens is 2. The first kappa shape index (κ1) is 18.3. The summed E-state index contributed by atoms with van der Waals surface area (Å²) in [4.78, 5) is 16.1. The Morgan fingerprint density at radius 1 is 1.27 bits per heavy atom. The highest BCUT2D eigenvalue weighted by Gasteiger charge is 2.15. The van der Waals surface area contributed by atoms with Crippen molar-refractivity contribution in [1.29, 1.82) is 0 Å². The highest BCUT2D eigenvalue weighted by Crippen LogP contribution is 2.23. The number of hydrogen-bond donors (Lipinski definition) is 1. The summed E-state index contributed by atoms with van der Waals surface area (Å²) < 4.78 is 7.99. The van der Waals surface area contributed by atoms with Gasteiger partial charge in [0, 0.05) is 17.5 Å². The third-order valence-electron chi connectivity index (χ3n) is 4.51. The average Bonchev–Trinajstić information content (AvgIpc) is 2.98. The normalized spacial score (nSPS) is 12.3. The molecule has 1 unspecified atom stereocenters. The maximum Gasteiger partial charge on any atom is 0.220 e. The molecule has 0 saturated carbocycles. The molecule has 0 aliphatic rings. The number of ether oxygens (including phenoxy) is 1. The van der Waals surface area contributed by atoms with E-state index < -0.39 is 0 Å². The van der Waals surface area contributed by atoms with Gasteiger partial charge in [-0.15, -0.1) is 0 Å². The quantitative estimate of drug-likeness (QED) is 0.680. The summed E-state index contributed by atoms with van der Waals surface area (Å²) in [5.74, 6) is 1.07. The van der Waals surface area contributed by atoms with Crippen molar-refractivity contribution in [3.63, 3.8) is 0 Å². The largest absolute Gasteiger partial charge is 0.486 e. The molecule has 6 heteroatoms. The van der Waals surface area contributed by atoms with Gasteiger partial charge < -0.3 is 15.0 Å². The monoisotopic (exact) mass is 371 g/mol. The predicted octanol–water partition coefficient (Wildman–Crippen LogP) is 4.09. The zero-order valence-electron chi connectivity index (χ0n) is 14.9. The Labute approximate surface area is 157 Å². The smallest absolute Gasteiger partial charge is 0.220 e. The Bertz CT molecular complexity index is 919. The number of halogens is 1. The van der Waals surface area contributed by atoms with Gasteiger partial charge in [-0.2, -0.15) is 0 Å². The number of benzene rings is 2. The number of imidazole rings is 1. The molecule has 1 atom stereocenters. The van der Waals surface area contributed by atoms with Crippen LogP contribution in [0, 0.1) is 12.8 Å². The van der Waals surface area contributed by atoms with E-state index in [0.29, 0.717) is 24.6 Å². The van der Waals surface area contributed by atoms with Gasteiger partial charge >= 0.3 is 0 Å². The number of nitrogens with zero attached hydrogens (tertiary/aromatic N) is 2. The summed E-state index contributed by atoms with van der Waals surface area (Å²) in [7, 11) is 0. The van der Waals surface area contributed by atoms with E-state index in [1.807, 2.05) is 44.2 Å². The average molecular weight is 372 g/mol. The molecular formula is C20H22ClN3O2. The van der Waals surface area contributed by atoms with Gasteiger partial charge in [-0.1, -0.05) is 30.7 Å². The number of aryl methyl sites for hydroxylation is 2. The summed E-state index contributed by atoms with van der Waals surface area (Å²) in [5.41, 5.74) is 8.50. The summed E-state index contributed by atoms with van der Waals surface area (Å²) >= 11 is 5.91. The number of rotatable bonds is 7. The van der Waals surface area contributed by atoms with Crippen molar-refractivity contribution in [2.45, 2.75) is 33.4 Å². The molecule has 0 aliphatic heterocycles. The second kappa shape index (κ2) is 7.79. The van der Waals surface area contributed by atoms with Crippen LogP contribution >= 0.6 is 11.6 Å². The summed E-state index contributed by atoms with van der Waals surface area (Å²) in [6.07, 6.45) is 0.655. The summed E-state index contributed by atoms with van der Waals surface area (Å²) in [6.45, 7) is 4.87. The molecule has 2 N–H and O–H groups in total. The van der Waals surface area contributed by atoms with Gasteiger partial charge in [0.2, 0.25) is 5.91 Å². The van der Waals surface area contributed by atoms with Gasteiger partial charge in [-0.25, -0.2) is 4.98 Å². The molecule has 0 fully saturated rings. The van der Waals surface area contributed by atoms with Gasteiger partial charge in [-0.05, 0) is 49.2 Å². The van der Waals surface area contributed by atoms with Crippen LogP contribution in [-0.2, 0) is 17.9 Å². The van der Waals surface area contributed by atoms with Crippen LogP contribution in [0.5, 0.6) is 5.75 Å². The zero-order valence-corrected chi connectivity index (χ0v) is 15.7. The van der Waals surface area contributed by atoms with Crippen molar-refractivity contribution in [1.82, 2.24) is 9.55 Å². The first-order valence-corrected chi connectivity index (χ1v) is 8.96. The minimum atomic E-state index is -0.287. The Morgan fingerprint density at radius 3 is 2.69 bits per heavy atom. The van der Waals surface area contributed by atoms with Gasteiger partial charge in [0.25, 0.3) is 0 Å². The van der Waals surface area contributed by atoms with Crippen LogP contribution in [-0.4, -0.2) is 15.5 Å². The number of primary amides is 1. The third kappa shape index (κ3) is 3.99. The van der Waals surface area contributed by atoms with E-state index in [1.54, 1.807) is 12.1 Å². The van der Waals surface area contributed by atoms with E-state index in [0.717, 1.165) is 28.2 Å². The van der Waals surface area contributed by atoms with Crippen molar-refractivity contribution in [2.75, 3.05) is 0 Å². The van der Waals surface area contributed by atoms with Crippen LogP contribution in [0.25, 0.3) is 11.0 Å². The molecule has 136 valence electrons. The number of nitrogens with two attached hydrogens (primary N) is 1. The van der Waals surface area contributed by atoms with Crippen LogP contribution in [0.2, 0.25) is 5.02 Å². The lowest BCUT2D eigenvalue weighted by molar-refractivity contribution is -0.121. The molecular weight excluding hydrogens is 350 g/mol. The van der Waals surface area contributed by atoms with Crippen LogP contribution < -0.4 is 10.5 Å². The molecule has 0 radical (unpaired) electrons. The molecule has 1 heterocycles. The van der Waals surface area contributed by atoms with E-state index in [2.05, 4.69) is 4.57 Å². The fourth-order valence-electron chi connectivity index (χ4n) is 2.84. The third-order valence-corrected chi connectivity index (χ3v) is 4.76. The van der Waals surface area contributed by atoms with Crippen molar-refractivity contribution < 1.29 is 9.53 Å². The molecule has 1 aromatic heterocycles. The fourth-order valence-corrected chi connectivity index (χ4v) is 2.96.